The maximum absolute atomic E-state index is 12.8. The van der Waals surface area contributed by atoms with Crippen molar-refractivity contribution in [2.45, 2.75) is 6.42 Å². The Balaban J connectivity index is 1.68. The third kappa shape index (κ3) is 3.25. The van der Waals surface area contributed by atoms with Crippen LogP contribution in [0.1, 0.15) is 10.6 Å². The Morgan fingerprint density at radius 2 is 1.84 bits per heavy atom. The first kappa shape index (κ1) is 12.9. The zero-order valence-corrected chi connectivity index (χ0v) is 12.0. The van der Waals surface area contributed by atoms with E-state index in [1.165, 1.54) is 12.1 Å². The van der Waals surface area contributed by atoms with Gasteiger partial charge in [-0.15, -0.1) is 10.2 Å². The Morgan fingerprint density at radius 3 is 2.58 bits per heavy atom. The van der Waals surface area contributed by atoms with Crippen LogP contribution in [0.3, 0.4) is 0 Å². The van der Waals surface area contributed by atoms with E-state index in [0.29, 0.717) is 0 Å². The molecule has 0 atom stereocenters. The molecule has 6 heteroatoms. The van der Waals surface area contributed by atoms with Crippen molar-refractivity contribution in [2.24, 2.45) is 0 Å². The van der Waals surface area contributed by atoms with Crippen LogP contribution in [0.15, 0.2) is 24.3 Å². The highest BCUT2D eigenvalue weighted by atomic mass is 32.2. The van der Waals surface area contributed by atoms with E-state index in [0.717, 1.165) is 46.7 Å². The number of nitrogens with zero attached hydrogens (tertiary/aromatic N) is 3. The minimum atomic E-state index is -0.201. The van der Waals surface area contributed by atoms with Crippen LogP contribution in [0.4, 0.5) is 9.52 Å². The van der Waals surface area contributed by atoms with E-state index in [4.69, 9.17) is 0 Å². The summed E-state index contributed by atoms with van der Waals surface area (Å²) < 4.78 is 12.8. The van der Waals surface area contributed by atoms with E-state index in [-0.39, 0.29) is 5.82 Å². The third-order valence-corrected chi connectivity index (χ3v) is 4.93. The van der Waals surface area contributed by atoms with Crippen LogP contribution in [-0.2, 0) is 6.42 Å². The van der Waals surface area contributed by atoms with Gasteiger partial charge in [-0.05, 0) is 17.7 Å². The fraction of sp³-hybridized carbons (Fsp3) is 0.385. The predicted octanol–water partition coefficient (Wildman–Crippen LogP) is 2.82. The fourth-order valence-electron chi connectivity index (χ4n) is 1.98. The summed E-state index contributed by atoms with van der Waals surface area (Å²) in [6.07, 6.45) is 0.723. The van der Waals surface area contributed by atoms with Gasteiger partial charge >= 0.3 is 0 Å². The van der Waals surface area contributed by atoms with E-state index < -0.39 is 0 Å². The van der Waals surface area contributed by atoms with E-state index in [1.54, 1.807) is 23.5 Å². The molecule has 3 rings (SSSR count). The molecule has 1 fully saturated rings. The second-order valence-corrected chi connectivity index (χ2v) is 6.65. The fourth-order valence-corrected chi connectivity index (χ4v) is 3.80. The molecule has 0 bridgehead atoms. The maximum Gasteiger partial charge on any atom is 0.208 e. The Labute approximate surface area is 119 Å². The summed E-state index contributed by atoms with van der Waals surface area (Å²) in [4.78, 5) is 2.29. The molecule has 1 aromatic carbocycles. The largest absolute Gasteiger partial charge is 0.345 e. The van der Waals surface area contributed by atoms with Gasteiger partial charge in [-0.3, -0.25) is 0 Å². The molecule has 0 saturated carbocycles. The number of benzene rings is 1. The first-order chi connectivity index (χ1) is 9.31. The number of hydrogen-bond donors (Lipinski definition) is 0. The zero-order valence-electron chi connectivity index (χ0n) is 10.4. The van der Waals surface area contributed by atoms with Gasteiger partial charge in [0.1, 0.15) is 10.8 Å². The Bertz CT molecular complexity index is 535. The minimum Gasteiger partial charge on any atom is -0.345 e. The minimum absolute atomic E-state index is 0.201. The van der Waals surface area contributed by atoms with Gasteiger partial charge in [0, 0.05) is 31.0 Å². The third-order valence-electron chi connectivity index (χ3n) is 3.01. The standard InChI is InChI=1S/C13H14FN3S2/c14-11-3-1-10(2-4-11)9-12-15-16-13(19-12)17-5-7-18-8-6-17/h1-4H,5-9H2. The van der Waals surface area contributed by atoms with Gasteiger partial charge in [-0.1, -0.05) is 23.5 Å². The molecule has 1 aromatic heterocycles. The van der Waals surface area contributed by atoms with Crippen molar-refractivity contribution in [2.75, 3.05) is 29.5 Å². The SMILES string of the molecule is Fc1ccc(Cc2nnc(N3CCSCC3)s2)cc1. The average molecular weight is 295 g/mol. The summed E-state index contributed by atoms with van der Waals surface area (Å²) in [7, 11) is 0. The second-order valence-electron chi connectivity index (χ2n) is 4.38. The van der Waals surface area contributed by atoms with Crippen LogP contribution in [0, 0.1) is 5.82 Å². The number of anilines is 1. The smallest absolute Gasteiger partial charge is 0.208 e. The monoisotopic (exact) mass is 295 g/mol. The molecule has 3 nitrogen and oxygen atoms in total. The highest BCUT2D eigenvalue weighted by molar-refractivity contribution is 7.99. The first-order valence-electron chi connectivity index (χ1n) is 6.21. The molecule has 19 heavy (non-hydrogen) atoms. The van der Waals surface area contributed by atoms with E-state index in [9.17, 15) is 4.39 Å². The Kier molecular flexibility index (Phi) is 3.98. The molecule has 1 aliphatic heterocycles. The number of halogens is 1. The summed E-state index contributed by atoms with van der Waals surface area (Å²) in [6.45, 7) is 2.10. The number of thioether (sulfide) groups is 1. The molecule has 100 valence electrons. The lowest BCUT2D eigenvalue weighted by Gasteiger charge is -2.24. The van der Waals surface area contributed by atoms with Crippen molar-refractivity contribution >= 4 is 28.2 Å². The van der Waals surface area contributed by atoms with Gasteiger partial charge in [-0.2, -0.15) is 11.8 Å². The van der Waals surface area contributed by atoms with Crippen molar-refractivity contribution < 1.29 is 4.39 Å². The predicted molar refractivity (Wildman–Crippen MR) is 78.7 cm³/mol. The molecule has 1 saturated heterocycles. The Morgan fingerprint density at radius 1 is 1.11 bits per heavy atom. The number of rotatable bonds is 3. The lowest BCUT2D eigenvalue weighted by atomic mass is 10.2. The van der Waals surface area contributed by atoms with Gasteiger partial charge in [0.15, 0.2) is 0 Å². The van der Waals surface area contributed by atoms with Gasteiger partial charge in [0.25, 0.3) is 0 Å². The summed E-state index contributed by atoms with van der Waals surface area (Å²) in [5, 5.41) is 10.5. The molecular weight excluding hydrogens is 281 g/mol. The maximum atomic E-state index is 12.8. The molecule has 2 heterocycles. The van der Waals surface area contributed by atoms with Crippen LogP contribution >= 0.6 is 23.1 Å². The molecular formula is C13H14FN3S2. The highest BCUT2D eigenvalue weighted by Crippen LogP contribution is 2.24. The Hall–Kier alpha value is -1.14. The molecule has 2 aromatic rings. The van der Waals surface area contributed by atoms with Crippen molar-refractivity contribution in [3.05, 3.63) is 40.7 Å². The molecule has 1 aliphatic rings. The number of hydrogen-bond acceptors (Lipinski definition) is 5. The number of aromatic nitrogens is 2. The quantitative estimate of drug-likeness (QED) is 0.871. The van der Waals surface area contributed by atoms with Crippen LogP contribution < -0.4 is 4.90 Å². The van der Waals surface area contributed by atoms with E-state index in [2.05, 4.69) is 15.1 Å². The van der Waals surface area contributed by atoms with Crippen LogP contribution in [0.2, 0.25) is 0 Å². The lowest BCUT2D eigenvalue weighted by Crippen LogP contribution is -2.32. The molecule has 0 unspecified atom stereocenters. The van der Waals surface area contributed by atoms with Crippen LogP contribution in [-0.4, -0.2) is 34.8 Å². The van der Waals surface area contributed by atoms with Gasteiger partial charge in [0.2, 0.25) is 5.13 Å². The van der Waals surface area contributed by atoms with Crippen molar-refractivity contribution in [1.29, 1.82) is 0 Å². The first-order valence-corrected chi connectivity index (χ1v) is 8.18. The second kappa shape index (κ2) is 5.88. The van der Waals surface area contributed by atoms with Crippen LogP contribution in [0.5, 0.6) is 0 Å². The van der Waals surface area contributed by atoms with Crippen molar-refractivity contribution in [3.8, 4) is 0 Å². The molecule has 0 aliphatic carbocycles. The lowest BCUT2D eigenvalue weighted by molar-refractivity contribution is 0.627. The van der Waals surface area contributed by atoms with Gasteiger partial charge < -0.3 is 4.90 Å². The van der Waals surface area contributed by atoms with E-state index >= 15 is 0 Å². The molecule has 0 radical (unpaired) electrons. The van der Waals surface area contributed by atoms with Gasteiger partial charge in [0.05, 0.1) is 0 Å². The van der Waals surface area contributed by atoms with Crippen molar-refractivity contribution in [3.63, 3.8) is 0 Å². The summed E-state index contributed by atoms with van der Waals surface area (Å²) in [6, 6.07) is 6.57. The topological polar surface area (TPSA) is 29.0 Å². The molecule has 0 amide bonds. The average Bonchev–Trinajstić information content (AvgIpc) is 2.91. The summed E-state index contributed by atoms with van der Waals surface area (Å²) in [5.74, 6) is 2.12. The molecule has 0 spiro atoms. The summed E-state index contributed by atoms with van der Waals surface area (Å²) in [5.41, 5.74) is 1.07. The van der Waals surface area contributed by atoms with Crippen molar-refractivity contribution in [1.82, 2.24) is 10.2 Å². The van der Waals surface area contributed by atoms with Gasteiger partial charge in [-0.25, -0.2) is 4.39 Å². The normalized spacial score (nSPS) is 15.7. The van der Waals surface area contributed by atoms with Crippen LogP contribution in [0.25, 0.3) is 0 Å². The zero-order chi connectivity index (χ0) is 13.1. The summed E-state index contributed by atoms with van der Waals surface area (Å²) >= 11 is 3.62. The van der Waals surface area contributed by atoms with E-state index in [1.807, 2.05) is 11.8 Å². The highest BCUT2D eigenvalue weighted by Gasteiger charge is 2.15. The molecule has 0 N–H and O–H groups in total.